The highest BCUT2D eigenvalue weighted by atomic mass is 16.5. The van der Waals surface area contributed by atoms with Gasteiger partial charge in [0.25, 0.3) is 5.95 Å². The summed E-state index contributed by atoms with van der Waals surface area (Å²) in [6.07, 6.45) is 5.25. The van der Waals surface area contributed by atoms with Crippen LogP contribution in [0, 0.1) is 6.92 Å². The number of rotatable bonds is 8. The standard InChI is InChI=1S/C23H29N5O2/c1-17-9-7-10-18(15-17)30-14-6-5-11-21(29)26-20-16-19(23(2,3)4)27-28(20)22-24-12-8-13-25-22/h7-10,12-13,15-16H,5-6,11,14H2,1-4H3,(H,26,29). The molecule has 0 radical (unpaired) electrons. The lowest BCUT2D eigenvalue weighted by atomic mass is 9.92. The Labute approximate surface area is 177 Å². The third kappa shape index (κ3) is 5.89. The van der Waals surface area contributed by atoms with Crippen LogP contribution < -0.4 is 10.1 Å². The molecule has 0 bridgehead atoms. The van der Waals surface area contributed by atoms with Crippen LogP contribution in [0.15, 0.2) is 48.8 Å². The van der Waals surface area contributed by atoms with Gasteiger partial charge in [0.1, 0.15) is 11.6 Å². The minimum atomic E-state index is -0.160. The molecule has 7 heteroatoms. The van der Waals surface area contributed by atoms with E-state index in [-0.39, 0.29) is 11.3 Å². The number of hydrogen-bond acceptors (Lipinski definition) is 5. The number of benzene rings is 1. The van der Waals surface area contributed by atoms with Crippen molar-refractivity contribution in [2.45, 2.75) is 52.4 Å². The summed E-state index contributed by atoms with van der Waals surface area (Å²) in [6, 6.07) is 11.6. The summed E-state index contributed by atoms with van der Waals surface area (Å²) < 4.78 is 7.32. The lowest BCUT2D eigenvalue weighted by molar-refractivity contribution is -0.116. The largest absolute Gasteiger partial charge is 0.494 e. The summed E-state index contributed by atoms with van der Waals surface area (Å²) in [6.45, 7) is 8.84. The maximum Gasteiger partial charge on any atom is 0.252 e. The molecule has 158 valence electrons. The lowest BCUT2D eigenvalue weighted by Gasteiger charge is -2.13. The molecule has 1 N–H and O–H groups in total. The van der Waals surface area contributed by atoms with Gasteiger partial charge in [0, 0.05) is 30.3 Å². The summed E-state index contributed by atoms with van der Waals surface area (Å²) in [5.41, 5.74) is 1.87. The maximum atomic E-state index is 12.5. The Morgan fingerprint density at radius 1 is 1.10 bits per heavy atom. The van der Waals surface area contributed by atoms with Crippen LogP contribution in [-0.4, -0.2) is 32.3 Å². The monoisotopic (exact) mass is 407 g/mol. The molecule has 30 heavy (non-hydrogen) atoms. The van der Waals surface area contributed by atoms with Gasteiger partial charge in [-0.15, -0.1) is 0 Å². The zero-order valence-electron chi connectivity index (χ0n) is 18.1. The number of nitrogens with one attached hydrogen (secondary N) is 1. The number of unbranched alkanes of at least 4 members (excludes halogenated alkanes) is 1. The van der Waals surface area contributed by atoms with Crippen LogP contribution in [0.3, 0.4) is 0 Å². The Balaban J connectivity index is 1.56. The van der Waals surface area contributed by atoms with Gasteiger partial charge in [-0.3, -0.25) is 4.79 Å². The highest BCUT2D eigenvalue weighted by Gasteiger charge is 2.22. The molecule has 0 unspecified atom stereocenters. The average molecular weight is 408 g/mol. The second kappa shape index (κ2) is 9.52. The molecule has 0 saturated carbocycles. The average Bonchev–Trinajstić information content (AvgIpc) is 3.13. The van der Waals surface area contributed by atoms with Crippen molar-refractivity contribution in [3.63, 3.8) is 0 Å². The number of aryl methyl sites for hydroxylation is 1. The summed E-state index contributed by atoms with van der Waals surface area (Å²) >= 11 is 0. The molecule has 1 amide bonds. The normalized spacial score (nSPS) is 11.3. The Hall–Kier alpha value is -3.22. The molecule has 0 atom stereocenters. The van der Waals surface area contributed by atoms with Crippen LogP contribution in [0.5, 0.6) is 5.75 Å². The van der Waals surface area contributed by atoms with Gasteiger partial charge in [-0.1, -0.05) is 32.9 Å². The summed E-state index contributed by atoms with van der Waals surface area (Å²) in [7, 11) is 0. The Morgan fingerprint density at radius 2 is 1.87 bits per heavy atom. The molecule has 0 spiro atoms. The fourth-order valence-electron chi connectivity index (χ4n) is 2.88. The first-order valence-electron chi connectivity index (χ1n) is 10.2. The van der Waals surface area contributed by atoms with Gasteiger partial charge in [-0.05, 0) is 43.5 Å². The second-order valence-electron chi connectivity index (χ2n) is 8.30. The zero-order chi connectivity index (χ0) is 21.6. The van der Waals surface area contributed by atoms with Crippen molar-refractivity contribution < 1.29 is 9.53 Å². The van der Waals surface area contributed by atoms with E-state index in [9.17, 15) is 4.79 Å². The van der Waals surface area contributed by atoms with E-state index in [1.807, 2.05) is 37.3 Å². The van der Waals surface area contributed by atoms with Crippen LogP contribution in [0.25, 0.3) is 5.95 Å². The molecule has 1 aromatic carbocycles. The maximum absolute atomic E-state index is 12.5. The van der Waals surface area contributed by atoms with Crippen molar-refractivity contribution in [3.8, 4) is 11.7 Å². The summed E-state index contributed by atoms with van der Waals surface area (Å²) in [5, 5.41) is 7.57. The molecule has 0 aliphatic heterocycles. The van der Waals surface area contributed by atoms with Gasteiger partial charge in [0.05, 0.1) is 12.3 Å². The fourth-order valence-corrected chi connectivity index (χ4v) is 2.88. The van der Waals surface area contributed by atoms with Gasteiger partial charge < -0.3 is 10.1 Å². The molecule has 0 aliphatic carbocycles. The third-order valence-electron chi connectivity index (χ3n) is 4.54. The predicted octanol–water partition coefficient (Wildman–Crippen LogP) is 4.46. The van der Waals surface area contributed by atoms with E-state index in [2.05, 4.69) is 41.2 Å². The van der Waals surface area contributed by atoms with Gasteiger partial charge in [-0.25, -0.2) is 9.97 Å². The number of ether oxygens (including phenoxy) is 1. The molecule has 2 aromatic heterocycles. The van der Waals surface area contributed by atoms with E-state index in [1.54, 1.807) is 23.1 Å². The number of amides is 1. The van der Waals surface area contributed by atoms with Gasteiger partial charge in [0.2, 0.25) is 5.91 Å². The third-order valence-corrected chi connectivity index (χ3v) is 4.54. The molecule has 0 saturated heterocycles. The van der Waals surface area contributed by atoms with Crippen LogP contribution in [0.1, 0.15) is 51.3 Å². The topological polar surface area (TPSA) is 81.9 Å². The molecule has 0 aliphatic rings. The SMILES string of the molecule is Cc1cccc(OCCCCC(=O)Nc2cc(C(C)(C)C)nn2-c2ncccn2)c1. The van der Waals surface area contributed by atoms with Crippen molar-refractivity contribution >= 4 is 11.7 Å². The number of anilines is 1. The molecule has 3 aromatic rings. The number of nitrogens with zero attached hydrogens (tertiary/aromatic N) is 4. The molecule has 3 rings (SSSR count). The second-order valence-corrected chi connectivity index (χ2v) is 8.30. The van der Waals surface area contributed by atoms with Crippen LogP contribution in [0.4, 0.5) is 5.82 Å². The Kier molecular flexibility index (Phi) is 6.82. The van der Waals surface area contributed by atoms with Gasteiger partial charge >= 0.3 is 0 Å². The van der Waals surface area contributed by atoms with E-state index < -0.39 is 0 Å². The lowest BCUT2D eigenvalue weighted by Crippen LogP contribution is -2.16. The van der Waals surface area contributed by atoms with Crippen molar-refractivity contribution in [2.75, 3.05) is 11.9 Å². The summed E-state index contributed by atoms with van der Waals surface area (Å²) in [4.78, 5) is 21.0. The van der Waals surface area contributed by atoms with E-state index in [1.165, 1.54) is 5.56 Å². The van der Waals surface area contributed by atoms with Gasteiger partial charge in [-0.2, -0.15) is 9.78 Å². The first kappa shape index (κ1) is 21.5. The number of carbonyl (C=O) groups excluding carboxylic acids is 1. The quantitative estimate of drug-likeness (QED) is 0.558. The van der Waals surface area contributed by atoms with Crippen molar-refractivity contribution in [2.24, 2.45) is 0 Å². The molecule has 0 fully saturated rings. The number of aromatic nitrogens is 4. The van der Waals surface area contributed by atoms with Gasteiger partial charge in [0.15, 0.2) is 0 Å². The van der Waals surface area contributed by atoms with E-state index in [0.717, 1.165) is 24.3 Å². The zero-order valence-corrected chi connectivity index (χ0v) is 18.1. The van der Waals surface area contributed by atoms with E-state index in [4.69, 9.17) is 4.74 Å². The Morgan fingerprint density at radius 3 is 2.57 bits per heavy atom. The fraction of sp³-hybridized carbons (Fsp3) is 0.391. The van der Waals surface area contributed by atoms with Crippen molar-refractivity contribution in [3.05, 3.63) is 60.0 Å². The first-order valence-corrected chi connectivity index (χ1v) is 10.2. The van der Waals surface area contributed by atoms with E-state index in [0.29, 0.717) is 24.8 Å². The highest BCUT2D eigenvalue weighted by Crippen LogP contribution is 2.25. The summed E-state index contributed by atoms with van der Waals surface area (Å²) in [5.74, 6) is 1.80. The van der Waals surface area contributed by atoms with E-state index >= 15 is 0 Å². The van der Waals surface area contributed by atoms with Crippen LogP contribution in [-0.2, 0) is 10.2 Å². The smallest absolute Gasteiger partial charge is 0.252 e. The minimum absolute atomic E-state index is 0.0666. The first-order chi connectivity index (χ1) is 14.3. The van der Waals surface area contributed by atoms with Crippen molar-refractivity contribution in [1.29, 1.82) is 0 Å². The number of carbonyl (C=O) groups is 1. The molecular weight excluding hydrogens is 378 g/mol. The van der Waals surface area contributed by atoms with Crippen LogP contribution >= 0.6 is 0 Å². The molecular formula is C23H29N5O2. The van der Waals surface area contributed by atoms with Crippen LogP contribution in [0.2, 0.25) is 0 Å². The molecule has 7 nitrogen and oxygen atoms in total. The minimum Gasteiger partial charge on any atom is -0.494 e. The highest BCUT2D eigenvalue weighted by molar-refractivity contribution is 5.90. The number of hydrogen-bond donors (Lipinski definition) is 1. The predicted molar refractivity (Wildman–Crippen MR) is 117 cm³/mol. The Bertz CT molecular complexity index is 977. The van der Waals surface area contributed by atoms with Crippen molar-refractivity contribution in [1.82, 2.24) is 19.7 Å². The molecule has 2 heterocycles.